The molecule has 0 unspecified atom stereocenters. The highest BCUT2D eigenvalue weighted by Crippen LogP contribution is 2.21. The monoisotopic (exact) mass is 445 g/mol. The number of anilines is 3. The second kappa shape index (κ2) is 8.82. The molecule has 0 radical (unpaired) electrons. The van der Waals surface area contributed by atoms with E-state index < -0.39 is 10.0 Å². The van der Waals surface area contributed by atoms with Gasteiger partial charge in [-0.1, -0.05) is 23.7 Å². The SMILES string of the molecule is Cc1cc(C)cc(NC(=S)Nc2ccc(S(=O)(=O)Nc3cccc(Cl)c3)cc2)c1. The van der Waals surface area contributed by atoms with Gasteiger partial charge in [-0.15, -0.1) is 0 Å². The molecule has 0 fully saturated rings. The summed E-state index contributed by atoms with van der Waals surface area (Å²) < 4.78 is 27.6. The number of hydrogen-bond donors (Lipinski definition) is 3. The Balaban J connectivity index is 1.67. The molecule has 0 saturated carbocycles. The van der Waals surface area contributed by atoms with Gasteiger partial charge in [-0.3, -0.25) is 4.72 Å². The number of nitrogens with one attached hydrogen (secondary N) is 3. The second-order valence-electron chi connectivity index (χ2n) is 6.60. The number of hydrogen-bond acceptors (Lipinski definition) is 3. The molecule has 0 aliphatic heterocycles. The molecule has 0 spiro atoms. The lowest BCUT2D eigenvalue weighted by Crippen LogP contribution is -2.19. The molecule has 3 N–H and O–H groups in total. The zero-order valence-corrected chi connectivity index (χ0v) is 18.3. The Morgan fingerprint density at radius 2 is 1.45 bits per heavy atom. The number of rotatable bonds is 5. The van der Waals surface area contributed by atoms with Gasteiger partial charge in [0.1, 0.15) is 0 Å². The van der Waals surface area contributed by atoms with E-state index in [0.29, 0.717) is 21.5 Å². The van der Waals surface area contributed by atoms with Gasteiger partial charge >= 0.3 is 0 Å². The Hall–Kier alpha value is -2.61. The van der Waals surface area contributed by atoms with Gasteiger partial charge in [0, 0.05) is 16.4 Å². The van der Waals surface area contributed by atoms with Gasteiger partial charge in [-0.05, 0) is 91.8 Å². The van der Waals surface area contributed by atoms with Crippen LogP contribution in [0.5, 0.6) is 0 Å². The zero-order valence-electron chi connectivity index (χ0n) is 15.9. The fourth-order valence-electron chi connectivity index (χ4n) is 2.82. The van der Waals surface area contributed by atoms with Gasteiger partial charge in [0.05, 0.1) is 10.6 Å². The lowest BCUT2D eigenvalue weighted by atomic mass is 10.1. The topological polar surface area (TPSA) is 70.2 Å². The molecule has 0 bridgehead atoms. The predicted molar refractivity (Wildman–Crippen MR) is 124 cm³/mol. The first-order chi connectivity index (χ1) is 13.7. The van der Waals surface area contributed by atoms with Crippen molar-refractivity contribution in [3.05, 3.63) is 82.9 Å². The van der Waals surface area contributed by atoms with Crippen molar-refractivity contribution in [1.82, 2.24) is 0 Å². The summed E-state index contributed by atoms with van der Waals surface area (Å²) in [7, 11) is -3.72. The summed E-state index contributed by atoms with van der Waals surface area (Å²) in [5.74, 6) is 0. The Morgan fingerprint density at radius 3 is 2.07 bits per heavy atom. The van der Waals surface area contributed by atoms with Crippen LogP contribution in [-0.2, 0) is 10.0 Å². The lowest BCUT2D eigenvalue weighted by molar-refractivity contribution is 0.601. The van der Waals surface area contributed by atoms with E-state index in [1.54, 1.807) is 36.4 Å². The minimum Gasteiger partial charge on any atom is -0.332 e. The van der Waals surface area contributed by atoms with E-state index in [1.165, 1.54) is 12.1 Å². The van der Waals surface area contributed by atoms with Crippen molar-refractivity contribution in [3.8, 4) is 0 Å². The summed E-state index contributed by atoms with van der Waals surface area (Å²) in [4.78, 5) is 0.135. The standard InChI is InChI=1S/C21H20ClN3O2S2/c1-14-10-15(2)12-19(11-14)24-21(28)23-17-6-8-20(9-7-17)29(26,27)25-18-5-3-4-16(22)13-18/h3-13,25H,1-2H3,(H2,23,24,28). The molecular formula is C21H20ClN3O2S2. The van der Waals surface area contributed by atoms with E-state index in [4.69, 9.17) is 23.8 Å². The normalized spacial score (nSPS) is 11.0. The minimum atomic E-state index is -3.72. The predicted octanol–water partition coefficient (Wildman–Crippen LogP) is 5.57. The maximum Gasteiger partial charge on any atom is 0.261 e. The lowest BCUT2D eigenvalue weighted by Gasteiger charge is -2.13. The highest BCUT2D eigenvalue weighted by molar-refractivity contribution is 7.92. The van der Waals surface area contributed by atoms with Crippen molar-refractivity contribution in [3.63, 3.8) is 0 Å². The van der Waals surface area contributed by atoms with Crippen LogP contribution >= 0.6 is 23.8 Å². The molecule has 3 aromatic rings. The minimum absolute atomic E-state index is 0.135. The van der Waals surface area contributed by atoms with Crippen molar-refractivity contribution in [2.45, 2.75) is 18.7 Å². The van der Waals surface area contributed by atoms with Crippen LogP contribution in [0.1, 0.15) is 11.1 Å². The maximum absolute atomic E-state index is 12.5. The van der Waals surface area contributed by atoms with E-state index in [-0.39, 0.29) is 4.90 Å². The van der Waals surface area contributed by atoms with Crippen molar-refractivity contribution < 1.29 is 8.42 Å². The largest absolute Gasteiger partial charge is 0.332 e. The van der Waals surface area contributed by atoms with E-state index in [1.807, 2.05) is 26.0 Å². The van der Waals surface area contributed by atoms with Crippen LogP contribution < -0.4 is 15.4 Å². The van der Waals surface area contributed by atoms with Crippen molar-refractivity contribution in [1.29, 1.82) is 0 Å². The molecule has 0 aromatic heterocycles. The summed E-state index contributed by atoms with van der Waals surface area (Å²) in [6, 6.07) is 18.9. The third kappa shape index (κ3) is 5.93. The number of aryl methyl sites for hydroxylation is 2. The fourth-order valence-corrected chi connectivity index (χ4v) is 4.30. The fraction of sp³-hybridized carbons (Fsp3) is 0.0952. The summed E-state index contributed by atoms with van der Waals surface area (Å²) in [6.07, 6.45) is 0. The summed E-state index contributed by atoms with van der Waals surface area (Å²) in [5, 5.41) is 7.06. The van der Waals surface area contributed by atoms with Gasteiger partial charge in [0.25, 0.3) is 10.0 Å². The molecule has 29 heavy (non-hydrogen) atoms. The van der Waals surface area contributed by atoms with E-state index in [0.717, 1.165) is 16.8 Å². The van der Waals surface area contributed by atoms with Gasteiger partial charge < -0.3 is 10.6 Å². The van der Waals surface area contributed by atoms with Crippen LogP contribution in [-0.4, -0.2) is 13.5 Å². The van der Waals surface area contributed by atoms with E-state index >= 15 is 0 Å². The van der Waals surface area contributed by atoms with E-state index in [2.05, 4.69) is 21.4 Å². The molecule has 3 rings (SSSR count). The molecule has 0 aliphatic rings. The van der Waals surface area contributed by atoms with E-state index in [9.17, 15) is 8.42 Å². The summed E-state index contributed by atoms with van der Waals surface area (Å²) in [5.41, 5.74) is 4.24. The first kappa shape index (κ1) is 21.1. The van der Waals surface area contributed by atoms with Gasteiger partial charge in [0.15, 0.2) is 5.11 Å². The Bertz CT molecular complexity index is 1130. The molecule has 150 valence electrons. The van der Waals surface area contributed by atoms with Crippen LogP contribution in [0.15, 0.2) is 71.6 Å². The highest BCUT2D eigenvalue weighted by Gasteiger charge is 2.14. The molecule has 0 aliphatic carbocycles. The first-order valence-electron chi connectivity index (χ1n) is 8.76. The first-order valence-corrected chi connectivity index (χ1v) is 11.0. The van der Waals surface area contributed by atoms with Crippen LogP contribution in [0.4, 0.5) is 17.1 Å². The number of benzene rings is 3. The van der Waals surface area contributed by atoms with Gasteiger partial charge in [-0.25, -0.2) is 8.42 Å². The highest BCUT2D eigenvalue weighted by atomic mass is 35.5. The molecule has 0 amide bonds. The summed E-state index contributed by atoms with van der Waals surface area (Å²) in [6.45, 7) is 4.04. The zero-order chi connectivity index (χ0) is 21.0. The Kier molecular flexibility index (Phi) is 6.42. The van der Waals surface area contributed by atoms with Crippen LogP contribution in [0.25, 0.3) is 0 Å². The molecular weight excluding hydrogens is 426 g/mol. The maximum atomic E-state index is 12.5. The smallest absolute Gasteiger partial charge is 0.261 e. The summed E-state index contributed by atoms with van der Waals surface area (Å²) >= 11 is 11.2. The van der Waals surface area contributed by atoms with Gasteiger partial charge in [0.2, 0.25) is 0 Å². The Morgan fingerprint density at radius 1 is 0.828 bits per heavy atom. The number of halogens is 1. The van der Waals surface area contributed by atoms with Crippen LogP contribution in [0.3, 0.4) is 0 Å². The van der Waals surface area contributed by atoms with Crippen molar-refractivity contribution in [2.75, 3.05) is 15.4 Å². The average molecular weight is 446 g/mol. The molecule has 3 aromatic carbocycles. The molecule has 8 heteroatoms. The molecule has 0 saturated heterocycles. The average Bonchev–Trinajstić information content (AvgIpc) is 2.60. The van der Waals surface area contributed by atoms with Crippen molar-refractivity contribution in [2.24, 2.45) is 0 Å². The molecule has 5 nitrogen and oxygen atoms in total. The quantitative estimate of drug-likeness (QED) is 0.448. The number of sulfonamides is 1. The second-order valence-corrected chi connectivity index (χ2v) is 9.12. The van der Waals surface area contributed by atoms with Crippen LogP contribution in [0.2, 0.25) is 5.02 Å². The molecule has 0 atom stereocenters. The van der Waals surface area contributed by atoms with Crippen molar-refractivity contribution >= 4 is 56.0 Å². The van der Waals surface area contributed by atoms with Gasteiger partial charge in [-0.2, -0.15) is 0 Å². The third-order valence-corrected chi connectivity index (χ3v) is 5.82. The molecule has 0 heterocycles. The number of thiocarbonyl (C=S) groups is 1. The Labute approximate surface area is 181 Å². The van der Waals surface area contributed by atoms with Crippen LogP contribution in [0, 0.1) is 13.8 Å². The third-order valence-electron chi connectivity index (χ3n) is 3.98.